The van der Waals surface area contributed by atoms with Gasteiger partial charge in [0.05, 0.1) is 5.25 Å². The van der Waals surface area contributed by atoms with Crippen molar-refractivity contribution in [3.63, 3.8) is 0 Å². The molecule has 19 heavy (non-hydrogen) atoms. The lowest BCUT2D eigenvalue weighted by Gasteiger charge is -2.26. The van der Waals surface area contributed by atoms with E-state index in [0.29, 0.717) is 0 Å². The molecule has 0 aliphatic carbocycles. The third-order valence-electron chi connectivity index (χ3n) is 2.79. The van der Waals surface area contributed by atoms with Gasteiger partial charge in [-0.3, -0.25) is 4.79 Å². The van der Waals surface area contributed by atoms with Crippen LogP contribution < -0.4 is 5.32 Å². The highest BCUT2D eigenvalue weighted by molar-refractivity contribution is 8.00. The van der Waals surface area contributed by atoms with Crippen molar-refractivity contribution in [2.45, 2.75) is 17.7 Å². The molecule has 2 unspecified atom stereocenters. The van der Waals surface area contributed by atoms with Crippen molar-refractivity contribution >= 4 is 23.6 Å². The van der Waals surface area contributed by atoms with Gasteiger partial charge in [0.15, 0.2) is 0 Å². The summed E-state index contributed by atoms with van der Waals surface area (Å²) in [6, 6.07) is 2.28. The van der Waals surface area contributed by atoms with Crippen molar-refractivity contribution < 1.29 is 23.5 Å². The molecule has 1 heterocycles. The fourth-order valence-corrected chi connectivity index (χ4v) is 2.93. The Balaban J connectivity index is 2.04. The van der Waals surface area contributed by atoms with Gasteiger partial charge in [0.25, 0.3) is 0 Å². The van der Waals surface area contributed by atoms with Crippen LogP contribution in [0.3, 0.4) is 0 Å². The number of benzene rings is 1. The monoisotopic (exact) mass is 287 g/mol. The second-order valence-corrected chi connectivity index (χ2v) is 5.40. The molecule has 102 valence electrons. The maximum atomic E-state index is 13.5. The largest absolute Gasteiger partial charge is 0.480 e. The Labute approximate surface area is 112 Å². The molecule has 0 radical (unpaired) electrons. The Hall–Kier alpha value is -1.63. The average molecular weight is 287 g/mol. The Kier molecular flexibility index (Phi) is 4.04. The normalized spacial score (nSPS) is 22.9. The molecule has 2 N–H and O–H groups in total. The highest BCUT2D eigenvalue weighted by atomic mass is 32.2. The van der Waals surface area contributed by atoms with E-state index in [1.54, 1.807) is 0 Å². The molecule has 0 spiro atoms. The van der Waals surface area contributed by atoms with Crippen LogP contribution in [-0.2, 0) is 16.0 Å². The molecule has 0 bridgehead atoms. The Bertz CT molecular complexity index is 524. The fourth-order valence-electron chi connectivity index (χ4n) is 1.77. The standard InChI is InChI=1S/C12H11F2NO3S/c13-7-2-1-6(8(14)4-7)3-10-11(16)15-9(5-19-10)12(17)18/h1-2,4,9-10H,3,5H2,(H,15,16)(H,17,18). The van der Waals surface area contributed by atoms with Crippen molar-refractivity contribution in [2.75, 3.05) is 5.75 Å². The van der Waals surface area contributed by atoms with Crippen LogP contribution in [0.15, 0.2) is 18.2 Å². The van der Waals surface area contributed by atoms with E-state index in [-0.39, 0.29) is 17.7 Å². The van der Waals surface area contributed by atoms with E-state index >= 15 is 0 Å². The van der Waals surface area contributed by atoms with Crippen LogP contribution >= 0.6 is 11.8 Å². The summed E-state index contributed by atoms with van der Waals surface area (Å²) in [5, 5.41) is 10.6. The zero-order valence-corrected chi connectivity index (χ0v) is 10.5. The highest BCUT2D eigenvalue weighted by Crippen LogP contribution is 2.23. The number of carbonyl (C=O) groups is 2. The van der Waals surface area contributed by atoms with Gasteiger partial charge in [0, 0.05) is 11.8 Å². The Morgan fingerprint density at radius 1 is 1.47 bits per heavy atom. The number of halogens is 2. The molecule has 1 saturated heterocycles. The molecule has 4 nitrogen and oxygen atoms in total. The highest BCUT2D eigenvalue weighted by Gasteiger charge is 2.32. The quantitative estimate of drug-likeness (QED) is 0.876. The van der Waals surface area contributed by atoms with Crippen molar-refractivity contribution in [1.82, 2.24) is 5.32 Å². The summed E-state index contributed by atoms with van der Waals surface area (Å²) in [6.07, 6.45) is 0.106. The van der Waals surface area contributed by atoms with Gasteiger partial charge < -0.3 is 10.4 Å². The molecule has 0 saturated carbocycles. The Morgan fingerprint density at radius 2 is 2.21 bits per heavy atom. The van der Waals surface area contributed by atoms with Gasteiger partial charge in [-0.15, -0.1) is 11.8 Å². The van der Waals surface area contributed by atoms with Crippen LogP contribution in [0.4, 0.5) is 8.78 Å². The Morgan fingerprint density at radius 3 is 2.79 bits per heavy atom. The van der Waals surface area contributed by atoms with Crippen LogP contribution in [-0.4, -0.2) is 34.0 Å². The lowest BCUT2D eigenvalue weighted by molar-refractivity contribution is -0.141. The molecule has 2 atom stereocenters. The van der Waals surface area contributed by atoms with Gasteiger partial charge in [-0.05, 0) is 18.1 Å². The molecular formula is C12H11F2NO3S. The maximum Gasteiger partial charge on any atom is 0.327 e. The van der Waals surface area contributed by atoms with Crippen LogP contribution in [0.2, 0.25) is 0 Å². The van der Waals surface area contributed by atoms with Crippen molar-refractivity contribution in [3.05, 3.63) is 35.4 Å². The molecule has 0 aromatic heterocycles. The minimum atomic E-state index is -1.09. The van der Waals surface area contributed by atoms with Crippen molar-refractivity contribution in [1.29, 1.82) is 0 Å². The predicted molar refractivity (Wildman–Crippen MR) is 65.9 cm³/mol. The summed E-state index contributed by atoms with van der Waals surface area (Å²) >= 11 is 1.16. The van der Waals surface area contributed by atoms with Crippen LogP contribution in [0.5, 0.6) is 0 Å². The topological polar surface area (TPSA) is 66.4 Å². The minimum Gasteiger partial charge on any atom is -0.480 e. The number of nitrogens with one attached hydrogen (secondary N) is 1. The summed E-state index contributed by atoms with van der Waals surface area (Å²) < 4.78 is 26.2. The van der Waals surface area contributed by atoms with Gasteiger partial charge in [0.2, 0.25) is 5.91 Å². The zero-order valence-electron chi connectivity index (χ0n) is 9.73. The second-order valence-electron chi connectivity index (χ2n) is 4.16. The summed E-state index contributed by atoms with van der Waals surface area (Å²) in [6.45, 7) is 0. The molecule has 1 aromatic carbocycles. The number of carboxylic acid groups (broad SMARTS) is 1. The number of amides is 1. The lowest BCUT2D eigenvalue weighted by Crippen LogP contribution is -2.51. The first kappa shape index (κ1) is 13.8. The smallest absolute Gasteiger partial charge is 0.327 e. The number of rotatable bonds is 3. The number of thioether (sulfide) groups is 1. The first-order chi connectivity index (χ1) is 8.97. The number of aliphatic carboxylic acids is 1. The number of carboxylic acids is 1. The van der Waals surface area contributed by atoms with E-state index in [2.05, 4.69) is 5.32 Å². The van der Waals surface area contributed by atoms with Crippen LogP contribution in [0.25, 0.3) is 0 Å². The predicted octanol–water partition coefficient (Wildman–Crippen LogP) is 1.19. The molecule has 1 aliphatic heterocycles. The number of hydrogen-bond acceptors (Lipinski definition) is 3. The maximum absolute atomic E-state index is 13.5. The van der Waals surface area contributed by atoms with E-state index in [1.807, 2.05) is 0 Å². The third-order valence-corrected chi connectivity index (χ3v) is 4.10. The SMILES string of the molecule is O=C(O)C1CSC(Cc2ccc(F)cc2F)C(=O)N1. The molecule has 1 aromatic rings. The molecule has 1 fully saturated rings. The molecule has 1 aliphatic rings. The van der Waals surface area contributed by atoms with Gasteiger partial charge in [-0.2, -0.15) is 0 Å². The van der Waals surface area contributed by atoms with Gasteiger partial charge in [-0.25, -0.2) is 13.6 Å². The summed E-state index contributed by atoms with van der Waals surface area (Å²) in [5.74, 6) is -2.67. The van der Waals surface area contributed by atoms with Crippen molar-refractivity contribution in [2.24, 2.45) is 0 Å². The zero-order chi connectivity index (χ0) is 14.0. The first-order valence-electron chi connectivity index (χ1n) is 5.56. The summed E-state index contributed by atoms with van der Waals surface area (Å²) in [7, 11) is 0. The molecular weight excluding hydrogens is 276 g/mol. The second kappa shape index (κ2) is 5.56. The molecule has 1 amide bonds. The van der Waals surface area contributed by atoms with Gasteiger partial charge in [-0.1, -0.05) is 6.07 Å². The molecule has 2 rings (SSSR count). The number of hydrogen-bond donors (Lipinski definition) is 2. The fraction of sp³-hybridized carbons (Fsp3) is 0.333. The minimum absolute atomic E-state index is 0.106. The molecule has 7 heteroatoms. The van der Waals surface area contributed by atoms with E-state index < -0.39 is 34.8 Å². The van der Waals surface area contributed by atoms with E-state index in [9.17, 15) is 18.4 Å². The van der Waals surface area contributed by atoms with E-state index in [0.717, 1.165) is 23.9 Å². The van der Waals surface area contributed by atoms with Crippen LogP contribution in [0.1, 0.15) is 5.56 Å². The van der Waals surface area contributed by atoms with Gasteiger partial charge in [0.1, 0.15) is 17.7 Å². The first-order valence-corrected chi connectivity index (χ1v) is 6.61. The third kappa shape index (κ3) is 3.23. The lowest BCUT2D eigenvalue weighted by atomic mass is 10.1. The van der Waals surface area contributed by atoms with Crippen LogP contribution in [0, 0.1) is 11.6 Å². The number of carbonyl (C=O) groups excluding carboxylic acids is 1. The van der Waals surface area contributed by atoms with Crippen molar-refractivity contribution in [3.8, 4) is 0 Å². The van der Waals surface area contributed by atoms with E-state index in [1.165, 1.54) is 6.07 Å². The summed E-state index contributed by atoms with van der Waals surface area (Å²) in [4.78, 5) is 22.4. The van der Waals surface area contributed by atoms with Gasteiger partial charge >= 0.3 is 5.97 Å². The average Bonchev–Trinajstić information content (AvgIpc) is 2.34. The van der Waals surface area contributed by atoms with E-state index in [4.69, 9.17) is 5.11 Å². The summed E-state index contributed by atoms with van der Waals surface area (Å²) in [5.41, 5.74) is 0.239.